The van der Waals surface area contributed by atoms with E-state index in [2.05, 4.69) is 0 Å². The van der Waals surface area contributed by atoms with E-state index in [1.54, 1.807) is 21.6 Å². The molecular formula is C14H24N2O3S. The van der Waals surface area contributed by atoms with Gasteiger partial charge in [-0.1, -0.05) is 26.2 Å². The maximum absolute atomic E-state index is 12.7. The molecule has 0 aromatic rings. The fourth-order valence-corrected chi connectivity index (χ4v) is 4.47. The lowest BCUT2D eigenvalue weighted by molar-refractivity contribution is -0.141. The normalized spacial score (nSPS) is 27.6. The molecule has 1 N–H and O–H groups in total. The second-order valence-corrected chi connectivity index (χ2v) is 6.85. The molecule has 2 unspecified atom stereocenters. The van der Waals surface area contributed by atoms with Crippen LogP contribution in [0, 0.1) is 0 Å². The van der Waals surface area contributed by atoms with Crippen molar-refractivity contribution in [2.45, 2.75) is 62.9 Å². The number of nitrogens with zero attached hydrogens (tertiary/aromatic N) is 2. The molecule has 1 heterocycles. The third-order valence-corrected chi connectivity index (χ3v) is 5.83. The average Bonchev–Trinajstić information content (AvgIpc) is 2.90. The number of hydrogen-bond donors (Lipinski definition) is 1. The summed E-state index contributed by atoms with van der Waals surface area (Å²) in [5.41, 5.74) is 0. The minimum absolute atomic E-state index is 0.00496. The first-order chi connectivity index (χ1) is 9.56. The van der Waals surface area contributed by atoms with E-state index < -0.39 is 12.0 Å². The van der Waals surface area contributed by atoms with E-state index in [4.69, 9.17) is 0 Å². The zero-order valence-electron chi connectivity index (χ0n) is 12.2. The van der Waals surface area contributed by atoms with Crippen molar-refractivity contribution in [3.8, 4) is 0 Å². The highest BCUT2D eigenvalue weighted by Crippen LogP contribution is 2.33. The Bertz CT molecular complexity index is 371. The van der Waals surface area contributed by atoms with Gasteiger partial charge in [-0.15, -0.1) is 11.8 Å². The molecule has 0 radical (unpaired) electrons. The van der Waals surface area contributed by atoms with Crippen molar-refractivity contribution >= 4 is 23.8 Å². The Labute approximate surface area is 124 Å². The van der Waals surface area contributed by atoms with E-state index in [9.17, 15) is 14.7 Å². The topological polar surface area (TPSA) is 60.9 Å². The van der Waals surface area contributed by atoms with Crippen LogP contribution >= 0.6 is 11.8 Å². The average molecular weight is 300 g/mol. The van der Waals surface area contributed by atoms with Gasteiger partial charge in [0.2, 0.25) is 0 Å². The van der Waals surface area contributed by atoms with Crippen LogP contribution in [0.15, 0.2) is 0 Å². The van der Waals surface area contributed by atoms with Crippen LogP contribution in [0.1, 0.15) is 45.4 Å². The molecule has 0 spiro atoms. The van der Waals surface area contributed by atoms with Crippen molar-refractivity contribution in [3.63, 3.8) is 0 Å². The van der Waals surface area contributed by atoms with Gasteiger partial charge in [0.15, 0.2) is 0 Å². The highest BCUT2D eigenvalue weighted by molar-refractivity contribution is 8.00. The van der Waals surface area contributed by atoms with Gasteiger partial charge in [-0.3, -0.25) is 4.90 Å². The summed E-state index contributed by atoms with van der Waals surface area (Å²) < 4.78 is 0. The minimum Gasteiger partial charge on any atom is -0.480 e. The summed E-state index contributed by atoms with van der Waals surface area (Å²) in [5, 5.41) is 9.31. The first-order valence-electron chi connectivity index (χ1n) is 7.45. The third kappa shape index (κ3) is 3.05. The highest BCUT2D eigenvalue weighted by Gasteiger charge is 2.42. The Morgan fingerprint density at radius 2 is 1.95 bits per heavy atom. The molecule has 0 aromatic carbocycles. The monoisotopic (exact) mass is 300 g/mol. The van der Waals surface area contributed by atoms with Gasteiger partial charge < -0.3 is 10.0 Å². The van der Waals surface area contributed by atoms with Crippen LogP contribution in [0.5, 0.6) is 0 Å². The number of carbonyl (C=O) groups excluding carboxylic acids is 1. The van der Waals surface area contributed by atoms with Crippen LogP contribution in [0.25, 0.3) is 0 Å². The molecular weight excluding hydrogens is 276 g/mol. The van der Waals surface area contributed by atoms with E-state index in [1.807, 2.05) is 14.0 Å². The quantitative estimate of drug-likeness (QED) is 0.870. The molecule has 1 saturated heterocycles. The Balaban J connectivity index is 2.09. The predicted molar refractivity (Wildman–Crippen MR) is 79.8 cm³/mol. The Morgan fingerprint density at radius 1 is 1.30 bits per heavy atom. The van der Waals surface area contributed by atoms with Crippen LogP contribution in [-0.4, -0.2) is 57.2 Å². The lowest BCUT2D eigenvalue weighted by Crippen LogP contribution is -2.53. The zero-order valence-corrected chi connectivity index (χ0v) is 13.1. The molecule has 20 heavy (non-hydrogen) atoms. The van der Waals surface area contributed by atoms with Gasteiger partial charge in [-0.25, -0.2) is 9.59 Å². The molecule has 6 heteroatoms. The van der Waals surface area contributed by atoms with Gasteiger partial charge in [0.25, 0.3) is 0 Å². The Hall–Kier alpha value is -0.910. The van der Waals surface area contributed by atoms with Crippen molar-refractivity contribution in [1.29, 1.82) is 0 Å². The number of rotatable bonds is 3. The van der Waals surface area contributed by atoms with Gasteiger partial charge >= 0.3 is 12.0 Å². The van der Waals surface area contributed by atoms with Crippen LogP contribution in [0.3, 0.4) is 0 Å². The van der Waals surface area contributed by atoms with Crippen molar-refractivity contribution in [3.05, 3.63) is 0 Å². The summed E-state index contributed by atoms with van der Waals surface area (Å²) in [6.07, 6.45) is 6.44. The van der Waals surface area contributed by atoms with Crippen molar-refractivity contribution < 1.29 is 14.7 Å². The first kappa shape index (κ1) is 15.5. The molecule has 0 bridgehead atoms. The summed E-state index contributed by atoms with van der Waals surface area (Å²) in [7, 11) is 1.83. The predicted octanol–water partition coefficient (Wildman–Crippen LogP) is 2.61. The van der Waals surface area contributed by atoms with Gasteiger partial charge in [0.05, 0.1) is 5.37 Å². The van der Waals surface area contributed by atoms with Gasteiger partial charge in [-0.05, 0) is 19.3 Å². The zero-order chi connectivity index (χ0) is 14.7. The summed E-state index contributed by atoms with van der Waals surface area (Å²) >= 11 is 1.58. The molecule has 1 saturated carbocycles. The Kier molecular flexibility index (Phi) is 5.18. The van der Waals surface area contributed by atoms with Crippen LogP contribution in [0.2, 0.25) is 0 Å². The number of carbonyl (C=O) groups is 2. The van der Waals surface area contributed by atoms with Crippen LogP contribution in [0.4, 0.5) is 4.79 Å². The lowest BCUT2D eigenvalue weighted by atomic mass is 9.94. The fraction of sp³-hybridized carbons (Fsp3) is 0.857. The lowest BCUT2D eigenvalue weighted by Gasteiger charge is -2.37. The second kappa shape index (κ2) is 6.70. The van der Waals surface area contributed by atoms with Crippen molar-refractivity contribution in [2.24, 2.45) is 0 Å². The van der Waals surface area contributed by atoms with Crippen LogP contribution < -0.4 is 0 Å². The molecule has 0 aromatic heterocycles. The number of hydrogen-bond acceptors (Lipinski definition) is 3. The SMILES string of the molecule is CCC1SCC(C(=O)O)N1C(=O)N(C)C1CCCCC1. The smallest absolute Gasteiger partial charge is 0.327 e. The summed E-state index contributed by atoms with van der Waals surface area (Å²) in [6.45, 7) is 2.00. The first-order valence-corrected chi connectivity index (χ1v) is 8.50. The summed E-state index contributed by atoms with van der Waals surface area (Å²) in [4.78, 5) is 27.4. The molecule has 2 rings (SSSR count). The van der Waals surface area contributed by atoms with Crippen LogP contribution in [-0.2, 0) is 4.79 Å². The van der Waals surface area contributed by atoms with E-state index in [1.165, 1.54) is 6.42 Å². The number of urea groups is 1. The van der Waals surface area contributed by atoms with Gasteiger partial charge in [0, 0.05) is 18.8 Å². The largest absolute Gasteiger partial charge is 0.480 e. The maximum atomic E-state index is 12.7. The van der Waals surface area contributed by atoms with E-state index in [0.717, 1.165) is 32.1 Å². The molecule has 1 aliphatic heterocycles. The van der Waals surface area contributed by atoms with E-state index in [-0.39, 0.29) is 17.4 Å². The maximum Gasteiger partial charge on any atom is 0.327 e. The molecule has 2 aliphatic rings. The Morgan fingerprint density at radius 3 is 2.50 bits per heavy atom. The molecule has 2 fully saturated rings. The highest BCUT2D eigenvalue weighted by atomic mass is 32.2. The second-order valence-electron chi connectivity index (χ2n) is 5.64. The molecule has 2 amide bonds. The number of thioether (sulfide) groups is 1. The number of carboxylic acids is 1. The summed E-state index contributed by atoms with van der Waals surface area (Å²) in [5.74, 6) is -0.392. The van der Waals surface area contributed by atoms with E-state index >= 15 is 0 Å². The fourth-order valence-electron chi connectivity index (χ4n) is 3.13. The molecule has 114 valence electrons. The van der Waals surface area contributed by atoms with Crippen molar-refractivity contribution in [2.75, 3.05) is 12.8 Å². The van der Waals surface area contributed by atoms with Crippen molar-refractivity contribution in [1.82, 2.24) is 9.80 Å². The molecule has 5 nitrogen and oxygen atoms in total. The number of aliphatic carboxylic acids is 1. The third-order valence-electron chi connectivity index (χ3n) is 4.37. The summed E-state index contributed by atoms with van der Waals surface area (Å²) in [6, 6.07) is -0.515. The molecule has 2 atom stereocenters. The van der Waals surface area contributed by atoms with Gasteiger partial charge in [-0.2, -0.15) is 0 Å². The minimum atomic E-state index is -0.890. The molecule has 1 aliphatic carbocycles. The number of amides is 2. The van der Waals surface area contributed by atoms with E-state index in [0.29, 0.717) is 5.75 Å². The van der Waals surface area contributed by atoms with Gasteiger partial charge in [0.1, 0.15) is 6.04 Å². The standard InChI is InChI=1S/C14H24N2O3S/c1-3-12-16(11(9-20-12)13(17)18)14(19)15(2)10-7-5-4-6-8-10/h10-12H,3-9H2,1-2H3,(H,17,18). The number of carboxylic acid groups (broad SMARTS) is 1.